The third kappa shape index (κ3) is 3.68. The summed E-state index contributed by atoms with van der Waals surface area (Å²) in [6, 6.07) is 5.51. The van der Waals surface area contributed by atoms with Crippen molar-refractivity contribution < 1.29 is 9.90 Å². The standard InChI is InChI=1S/C15H20ClNO2S/c1-2-20-14-4-3-12(16)9-13(14)15(19)17-7-5-11(10-18)6-8-17/h3-4,9,11,18H,2,5-8,10H2,1H3. The quantitative estimate of drug-likeness (QED) is 0.867. The Morgan fingerprint density at radius 3 is 2.75 bits per heavy atom. The van der Waals surface area contributed by atoms with E-state index in [0.717, 1.165) is 23.5 Å². The maximum absolute atomic E-state index is 12.6. The molecule has 5 heteroatoms. The van der Waals surface area contributed by atoms with Crippen LogP contribution in [-0.4, -0.2) is 41.4 Å². The van der Waals surface area contributed by atoms with Crippen LogP contribution in [0.25, 0.3) is 0 Å². The van der Waals surface area contributed by atoms with Crippen molar-refractivity contribution in [3.05, 3.63) is 28.8 Å². The van der Waals surface area contributed by atoms with Gasteiger partial charge in [-0.15, -0.1) is 11.8 Å². The van der Waals surface area contributed by atoms with Gasteiger partial charge < -0.3 is 10.0 Å². The molecule has 1 aromatic rings. The average Bonchev–Trinajstić information content (AvgIpc) is 2.48. The smallest absolute Gasteiger partial charge is 0.255 e. The van der Waals surface area contributed by atoms with Gasteiger partial charge in [-0.2, -0.15) is 0 Å². The molecule has 110 valence electrons. The van der Waals surface area contributed by atoms with Crippen LogP contribution in [0.3, 0.4) is 0 Å². The Balaban J connectivity index is 2.14. The van der Waals surface area contributed by atoms with Gasteiger partial charge in [0.15, 0.2) is 0 Å². The number of hydrogen-bond acceptors (Lipinski definition) is 3. The summed E-state index contributed by atoms with van der Waals surface area (Å²) in [7, 11) is 0. The van der Waals surface area contributed by atoms with Crippen molar-refractivity contribution in [2.75, 3.05) is 25.4 Å². The highest BCUT2D eigenvalue weighted by atomic mass is 35.5. The van der Waals surface area contributed by atoms with E-state index in [1.54, 1.807) is 17.8 Å². The Morgan fingerprint density at radius 2 is 2.15 bits per heavy atom. The molecule has 1 aliphatic heterocycles. The number of piperidine rings is 1. The van der Waals surface area contributed by atoms with Gasteiger partial charge in [-0.05, 0) is 42.7 Å². The van der Waals surface area contributed by atoms with E-state index in [1.165, 1.54) is 0 Å². The van der Waals surface area contributed by atoms with E-state index in [9.17, 15) is 4.79 Å². The molecule has 0 atom stereocenters. The summed E-state index contributed by atoms with van der Waals surface area (Å²) in [5, 5.41) is 9.76. The van der Waals surface area contributed by atoms with Crippen LogP contribution in [0.15, 0.2) is 23.1 Å². The van der Waals surface area contributed by atoms with Crippen molar-refractivity contribution in [3.8, 4) is 0 Å². The SMILES string of the molecule is CCSc1ccc(Cl)cc1C(=O)N1CCC(CO)CC1. The lowest BCUT2D eigenvalue weighted by Gasteiger charge is -2.31. The van der Waals surface area contributed by atoms with Crippen LogP contribution in [-0.2, 0) is 0 Å². The molecule has 0 saturated carbocycles. The number of hydrogen-bond donors (Lipinski definition) is 1. The molecule has 0 aromatic heterocycles. The Kier molecular flexibility index (Phi) is 5.75. The molecule has 1 amide bonds. The summed E-state index contributed by atoms with van der Waals surface area (Å²) in [6.45, 7) is 3.72. The molecule has 2 rings (SSSR count). The van der Waals surface area contributed by atoms with E-state index >= 15 is 0 Å². The van der Waals surface area contributed by atoms with Gasteiger partial charge in [0.2, 0.25) is 0 Å². The molecule has 1 aromatic carbocycles. The lowest BCUT2D eigenvalue weighted by molar-refractivity contribution is 0.0647. The van der Waals surface area contributed by atoms with Gasteiger partial charge in [0.25, 0.3) is 5.91 Å². The number of amides is 1. The van der Waals surface area contributed by atoms with Crippen molar-refractivity contribution in [1.82, 2.24) is 4.90 Å². The van der Waals surface area contributed by atoms with E-state index in [4.69, 9.17) is 16.7 Å². The second kappa shape index (κ2) is 7.34. The zero-order valence-electron chi connectivity index (χ0n) is 11.6. The summed E-state index contributed by atoms with van der Waals surface area (Å²) in [4.78, 5) is 15.5. The highest BCUT2D eigenvalue weighted by Crippen LogP contribution is 2.28. The van der Waals surface area contributed by atoms with Crippen LogP contribution in [0.5, 0.6) is 0 Å². The summed E-state index contributed by atoms with van der Waals surface area (Å²) in [5.41, 5.74) is 0.701. The van der Waals surface area contributed by atoms with Crippen molar-refractivity contribution in [2.45, 2.75) is 24.7 Å². The fourth-order valence-electron chi connectivity index (χ4n) is 2.44. The number of rotatable bonds is 4. The molecule has 0 unspecified atom stereocenters. The number of benzene rings is 1. The molecule has 1 fully saturated rings. The van der Waals surface area contributed by atoms with Gasteiger partial charge in [-0.1, -0.05) is 18.5 Å². The molecule has 0 bridgehead atoms. The van der Waals surface area contributed by atoms with Crippen LogP contribution in [0.1, 0.15) is 30.1 Å². The lowest BCUT2D eigenvalue weighted by atomic mass is 9.97. The molecular weight excluding hydrogens is 294 g/mol. The molecule has 1 saturated heterocycles. The number of thioether (sulfide) groups is 1. The first kappa shape index (κ1) is 15.7. The van der Waals surface area contributed by atoms with Gasteiger partial charge in [0, 0.05) is 29.6 Å². The first-order valence-electron chi connectivity index (χ1n) is 6.98. The summed E-state index contributed by atoms with van der Waals surface area (Å²) in [6.07, 6.45) is 1.75. The van der Waals surface area contributed by atoms with E-state index < -0.39 is 0 Å². The van der Waals surface area contributed by atoms with Crippen LogP contribution in [0.2, 0.25) is 5.02 Å². The summed E-state index contributed by atoms with van der Waals surface area (Å²) in [5.74, 6) is 1.32. The third-order valence-corrected chi connectivity index (χ3v) is 4.82. The molecular formula is C15H20ClNO2S. The number of carbonyl (C=O) groups is 1. The van der Waals surface area contributed by atoms with Crippen molar-refractivity contribution >= 4 is 29.3 Å². The molecule has 1 N–H and O–H groups in total. The molecule has 3 nitrogen and oxygen atoms in total. The Labute approximate surface area is 129 Å². The van der Waals surface area contributed by atoms with Gasteiger partial charge in [0.1, 0.15) is 0 Å². The zero-order chi connectivity index (χ0) is 14.5. The Morgan fingerprint density at radius 1 is 1.45 bits per heavy atom. The number of aliphatic hydroxyl groups is 1. The topological polar surface area (TPSA) is 40.5 Å². The van der Waals surface area contributed by atoms with Gasteiger partial charge >= 0.3 is 0 Å². The van der Waals surface area contributed by atoms with Crippen molar-refractivity contribution in [1.29, 1.82) is 0 Å². The first-order valence-corrected chi connectivity index (χ1v) is 8.34. The highest BCUT2D eigenvalue weighted by Gasteiger charge is 2.24. The number of aliphatic hydroxyl groups excluding tert-OH is 1. The monoisotopic (exact) mass is 313 g/mol. The van der Waals surface area contributed by atoms with E-state index in [-0.39, 0.29) is 12.5 Å². The maximum Gasteiger partial charge on any atom is 0.255 e. The minimum Gasteiger partial charge on any atom is -0.396 e. The Hall–Kier alpha value is -0.710. The fourth-order valence-corrected chi connectivity index (χ4v) is 3.39. The maximum atomic E-state index is 12.6. The number of halogens is 1. The van der Waals surface area contributed by atoms with E-state index in [2.05, 4.69) is 6.92 Å². The van der Waals surface area contributed by atoms with E-state index in [0.29, 0.717) is 29.6 Å². The summed E-state index contributed by atoms with van der Waals surface area (Å²) < 4.78 is 0. The summed E-state index contributed by atoms with van der Waals surface area (Å²) >= 11 is 7.69. The molecule has 0 radical (unpaired) electrons. The van der Waals surface area contributed by atoms with Crippen LogP contribution in [0.4, 0.5) is 0 Å². The van der Waals surface area contributed by atoms with Gasteiger partial charge in [-0.25, -0.2) is 0 Å². The van der Waals surface area contributed by atoms with Gasteiger partial charge in [0.05, 0.1) is 5.56 Å². The van der Waals surface area contributed by atoms with Crippen LogP contribution < -0.4 is 0 Å². The minimum absolute atomic E-state index is 0.0554. The average molecular weight is 314 g/mol. The second-order valence-electron chi connectivity index (χ2n) is 4.99. The van der Waals surface area contributed by atoms with Crippen LogP contribution >= 0.6 is 23.4 Å². The number of nitrogens with zero attached hydrogens (tertiary/aromatic N) is 1. The van der Waals surface area contributed by atoms with Crippen LogP contribution in [0, 0.1) is 5.92 Å². The molecule has 0 aliphatic carbocycles. The predicted molar refractivity (Wildman–Crippen MR) is 83.6 cm³/mol. The number of likely N-dealkylation sites (tertiary alicyclic amines) is 1. The number of carbonyl (C=O) groups excluding carboxylic acids is 1. The molecule has 1 heterocycles. The normalized spacial score (nSPS) is 16.4. The second-order valence-corrected chi connectivity index (χ2v) is 6.73. The molecule has 0 spiro atoms. The predicted octanol–water partition coefficient (Wildman–Crippen LogP) is 3.30. The Bertz CT molecular complexity index is 473. The molecule has 20 heavy (non-hydrogen) atoms. The minimum atomic E-state index is 0.0554. The molecule has 1 aliphatic rings. The first-order chi connectivity index (χ1) is 9.65. The largest absolute Gasteiger partial charge is 0.396 e. The van der Waals surface area contributed by atoms with Gasteiger partial charge in [-0.3, -0.25) is 4.79 Å². The van der Waals surface area contributed by atoms with E-state index in [1.807, 2.05) is 17.0 Å². The third-order valence-electron chi connectivity index (χ3n) is 3.63. The highest BCUT2D eigenvalue weighted by molar-refractivity contribution is 7.99. The van der Waals surface area contributed by atoms with Crippen molar-refractivity contribution in [2.24, 2.45) is 5.92 Å². The zero-order valence-corrected chi connectivity index (χ0v) is 13.2. The lowest BCUT2D eigenvalue weighted by Crippen LogP contribution is -2.39. The fraction of sp³-hybridized carbons (Fsp3) is 0.533. The van der Waals surface area contributed by atoms with Crippen molar-refractivity contribution in [3.63, 3.8) is 0 Å².